The van der Waals surface area contributed by atoms with E-state index >= 15 is 0 Å². The van der Waals surface area contributed by atoms with Gasteiger partial charge in [0.25, 0.3) is 5.91 Å². The number of phenols is 1. The molecule has 0 bridgehead atoms. The molecule has 0 unspecified atom stereocenters. The summed E-state index contributed by atoms with van der Waals surface area (Å²) in [4.78, 5) is 43.0. The highest BCUT2D eigenvalue weighted by Crippen LogP contribution is 2.55. The first-order valence-corrected chi connectivity index (χ1v) is 14.2. The van der Waals surface area contributed by atoms with Crippen molar-refractivity contribution in [2.75, 3.05) is 33.1 Å². The fraction of sp³-hybridized carbons (Fsp3) is 0.424. The molecule has 10 nitrogen and oxygen atoms in total. The van der Waals surface area contributed by atoms with Gasteiger partial charge in [-0.3, -0.25) is 19.3 Å². The fourth-order valence-electron chi connectivity index (χ4n) is 7.06. The van der Waals surface area contributed by atoms with Crippen LogP contribution in [-0.2, 0) is 26.2 Å². The number of ketones is 2. The van der Waals surface area contributed by atoms with Gasteiger partial charge in [-0.05, 0) is 61.0 Å². The van der Waals surface area contributed by atoms with Crippen molar-refractivity contribution in [2.24, 2.45) is 17.6 Å². The molecule has 1 amide bonds. The van der Waals surface area contributed by atoms with Crippen LogP contribution in [0.3, 0.4) is 0 Å². The van der Waals surface area contributed by atoms with Crippen molar-refractivity contribution < 1.29 is 34.8 Å². The molecular formula is C33H39N3O7. The van der Waals surface area contributed by atoms with E-state index in [1.54, 1.807) is 14.1 Å². The zero-order chi connectivity index (χ0) is 31.9. The number of nitrogens with two attached hydrogens (primary N) is 1. The predicted molar refractivity (Wildman–Crippen MR) is 163 cm³/mol. The molecule has 0 heterocycles. The van der Waals surface area contributed by atoms with Crippen molar-refractivity contribution in [3.63, 3.8) is 0 Å². The van der Waals surface area contributed by atoms with Gasteiger partial charge in [-0.25, -0.2) is 0 Å². The zero-order valence-electron chi connectivity index (χ0n) is 25.5. The van der Waals surface area contributed by atoms with Crippen LogP contribution in [-0.4, -0.2) is 82.6 Å². The predicted octanol–water partition coefficient (Wildman–Crippen LogP) is 2.99. The van der Waals surface area contributed by atoms with Crippen molar-refractivity contribution in [1.29, 1.82) is 0 Å². The summed E-state index contributed by atoms with van der Waals surface area (Å²) in [7, 11) is 6.84. The van der Waals surface area contributed by atoms with Gasteiger partial charge >= 0.3 is 0 Å². The molecule has 0 aromatic heterocycles. The van der Waals surface area contributed by atoms with Crippen LogP contribution in [0.2, 0.25) is 0 Å². The summed E-state index contributed by atoms with van der Waals surface area (Å²) in [5, 5.41) is 46.3. The lowest BCUT2D eigenvalue weighted by molar-refractivity contribution is -0.153. The monoisotopic (exact) mass is 589 g/mol. The van der Waals surface area contributed by atoms with Gasteiger partial charge < -0.3 is 31.1 Å². The number of phenolic OH excluding ortho intramolecular Hbond substituents is 1. The second kappa shape index (κ2) is 9.96. The smallest absolute Gasteiger partial charge is 0.255 e. The van der Waals surface area contributed by atoms with Gasteiger partial charge in [0, 0.05) is 36.8 Å². The Kier molecular flexibility index (Phi) is 7.02. The summed E-state index contributed by atoms with van der Waals surface area (Å²) in [6.07, 6.45) is 0.258. The second-order valence-corrected chi connectivity index (χ2v) is 13.3. The van der Waals surface area contributed by atoms with Crippen LogP contribution in [0.25, 0.3) is 16.9 Å². The van der Waals surface area contributed by atoms with E-state index in [4.69, 9.17) is 5.73 Å². The Morgan fingerprint density at radius 1 is 1.02 bits per heavy atom. The maximum Gasteiger partial charge on any atom is 0.255 e. The number of hydrogen-bond acceptors (Lipinski definition) is 9. The number of carbonyl (C=O) groups is 3. The van der Waals surface area contributed by atoms with E-state index in [-0.39, 0.29) is 35.1 Å². The highest BCUT2D eigenvalue weighted by Gasteiger charge is 2.64. The van der Waals surface area contributed by atoms with Crippen LogP contribution in [0.15, 0.2) is 47.2 Å². The molecule has 0 spiro atoms. The molecule has 0 aliphatic heterocycles. The topological polar surface area (TPSA) is 165 Å². The average Bonchev–Trinajstić information content (AvgIpc) is 2.90. The molecule has 2 aromatic carbocycles. The number of aliphatic hydroxyl groups excluding tert-OH is 2. The lowest BCUT2D eigenvalue weighted by Gasteiger charge is -2.50. The van der Waals surface area contributed by atoms with Crippen LogP contribution in [0.4, 0.5) is 5.69 Å². The fourth-order valence-corrected chi connectivity index (χ4v) is 7.06. The molecular weight excluding hydrogens is 550 g/mol. The summed E-state index contributed by atoms with van der Waals surface area (Å²) in [5.41, 5.74) is 5.32. The van der Waals surface area contributed by atoms with Crippen LogP contribution in [0.1, 0.15) is 43.9 Å². The molecule has 228 valence electrons. The van der Waals surface area contributed by atoms with Crippen LogP contribution in [0.5, 0.6) is 5.75 Å². The third kappa shape index (κ3) is 4.34. The van der Waals surface area contributed by atoms with Crippen molar-refractivity contribution in [3.05, 3.63) is 63.9 Å². The molecule has 2 aromatic rings. The van der Waals surface area contributed by atoms with E-state index < -0.39 is 58.0 Å². The van der Waals surface area contributed by atoms with Gasteiger partial charge in [0.2, 0.25) is 5.78 Å². The lowest BCUT2D eigenvalue weighted by Crippen LogP contribution is -2.65. The molecule has 3 aliphatic rings. The number of anilines is 1. The quantitative estimate of drug-likeness (QED) is 0.337. The number of benzene rings is 2. The number of aromatic hydroxyl groups is 1. The zero-order valence-corrected chi connectivity index (χ0v) is 25.5. The van der Waals surface area contributed by atoms with Gasteiger partial charge in [0.05, 0.1) is 11.6 Å². The van der Waals surface area contributed by atoms with Crippen molar-refractivity contribution in [1.82, 2.24) is 4.90 Å². The maximum absolute atomic E-state index is 14.2. The first kappa shape index (κ1) is 30.3. The number of rotatable bonds is 4. The Bertz CT molecular complexity index is 1630. The van der Waals surface area contributed by atoms with Crippen LogP contribution >= 0.6 is 0 Å². The Balaban J connectivity index is 1.74. The minimum absolute atomic E-state index is 0.0371. The van der Waals surface area contributed by atoms with Gasteiger partial charge in [-0.15, -0.1) is 0 Å². The average molecular weight is 590 g/mol. The Morgan fingerprint density at radius 2 is 1.63 bits per heavy atom. The lowest BCUT2D eigenvalue weighted by atomic mass is 9.57. The highest BCUT2D eigenvalue weighted by molar-refractivity contribution is 6.24. The maximum atomic E-state index is 14.2. The molecule has 43 heavy (non-hydrogen) atoms. The number of likely N-dealkylation sites (N-methyl/N-ethyl adjacent to an activating group) is 1. The molecule has 0 radical (unpaired) electrons. The largest absolute Gasteiger partial charge is 0.508 e. The number of amides is 1. The Labute approximate surface area is 250 Å². The standard InChI is InChI=1S/C33H39N3O7/c1-32(2,3)17-10-8-15(9-11-17)18-14-21(35(4)5)19-12-16-13-20-25(36(6)7)28(39)24(31(34)42)30(41)33(20,43)29(40)22(16)27(38)23(19)26(18)37/h8-11,14,16,20,25,37-38,41,43H,12-13H2,1-7H3,(H2,34,42)/t16-,20-,25-,33-/m0/s1. The molecule has 1 saturated carbocycles. The summed E-state index contributed by atoms with van der Waals surface area (Å²) in [5.74, 6) is -6.67. The third-order valence-electron chi connectivity index (χ3n) is 9.24. The number of nitrogens with zero attached hydrogens (tertiary/aromatic N) is 2. The first-order chi connectivity index (χ1) is 19.9. The second-order valence-electron chi connectivity index (χ2n) is 13.3. The molecule has 4 atom stereocenters. The van der Waals surface area contributed by atoms with Crippen LogP contribution in [0, 0.1) is 11.8 Å². The van der Waals surface area contributed by atoms with E-state index in [1.165, 1.54) is 4.90 Å². The van der Waals surface area contributed by atoms with Gasteiger partial charge in [-0.1, -0.05) is 45.0 Å². The molecule has 10 heteroatoms. The van der Waals surface area contributed by atoms with E-state index in [0.29, 0.717) is 16.7 Å². The number of hydrogen-bond donors (Lipinski definition) is 5. The molecule has 3 aliphatic carbocycles. The number of carbonyl (C=O) groups excluding carboxylic acids is 3. The first-order valence-electron chi connectivity index (χ1n) is 14.2. The van der Waals surface area contributed by atoms with Gasteiger partial charge in [0.1, 0.15) is 22.8 Å². The SMILES string of the molecule is CN(C)c1cc(-c2ccc(C(C)(C)C)cc2)c(O)c2c1C[C@H]1C[C@H]3[C@H](N(C)C)C(=O)C(C(N)=O)=C(O)[C@@]3(O)C(=O)C1=C2O. The van der Waals surface area contributed by atoms with Crippen molar-refractivity contribution in [2.45, 2.75) is 50.7 Å². The summed E-state index contributed by atoms with van der Waals surface area (Å²) < 4.78 is 0. The normalized spacial score (nSPS) is 25.5. The van der Waals surface area contributed by atoms with Crippen molar-refractivity contribution in [3.8, 4) is 16.9 Å². The van der Waals surface area contributed by atoms with Crippen molar-refractivity contribution >= 4 is 28.9 Å². The highest BCUT2D eigenvalue weighted by atomic mass is 16.3. The van der Waals surface area contributed by atoms with E-state index in [2.05, 4.69) is 20.8 Å². The van der Waals surface area contributed by atoms with Gasteiger partial charge in [0.15, 0.2) is 11.4 Å². The Hall–Kier alpha value is -4.15. The molecule has 1 fully saturated rings. The van der Waals surface area contributed by atoms with Crippen LogP contribution < -0.4 is 10.6 Å². The third-order valence-corrected chi connectivity index (χ3v) is 9.24. The molecule has 5 rings (SSSR count). The van der Waals surface area contributed by atoms with E-state index in [1.807, 2.05) is 49.3 Å². The summed E-state index contributed by atoms with van der Waals surface area (Å²) in [6, 6.07) is 8.47. The number of aliphatic hydroxyl groups is 3. The summed E-state index contributed by atoms with van der Waals surface area (Å²) >= 11 is 0. The Morgan fingerprint density at radius 3 is 2.14 bits per heavy atom. The van der Waals surface area contributed by atoms with E-state index in [9.17, 15) is 34.8 Å². The molecule has 6 N–H and O–H groups in total. The van der Waals surface area contributed by atoms with Gasteiger partial charge in [-0.2, -0.15) is 0 Å². The number of Topliss-reactive ketones (excluding diaryl/α,β-unsaturated/α-hetero) is 2. The number of primary amides is 1. The minimum atomic E-state index is -2.68. The molecule has 0 saturated heterocycles. The number of fused-ring (bicyclic) bond motifs is 3. The minimum Gasteiger partial charge on any atom is -0.508 e. The van der Waals surface area contributed by atoms with E-state index in [0.717, 1.165) is 11.3 Å². The summed E-state index contributed by atoms with van der Waals surface area (Å²) in [6.45, 7) is 6.31.